The van der Waals surface area contributed by atoms with Crippen LogP contribution in [0.2, 0.25) is 0 Å². The molecule has 1 aromatic heterocycles. The van der Waals surface area contributed by atoms with Crippen LogP contribution in [0.1, 0.15) is 74.9 Å². The minimum absolute atomic E-state index is 0.0125. The summed E-state index contributed by atoms with van der Waals surface area (Å²) < 4.78 is 2.69. The number of fused-ring (bicyclic) bond motifs is 15. The predicted molar refractivity (Wildman–Crippen MR) is 269 cm³/mol. The molecule has 9 aromatic rings. The van der Waals surface area contributed by atoms with Crippen molar-refractivity contribution >= 4 is 66.9 Å². The molecule has 0 amide bonds. The van der Waals surface area contributed by atoms with Gasteiger partial charge in [0.15, 0.2) is 0 Å². The Bertz CT molecular complexity index is 3350. The lowest BCUT2D eigenvalue weighted by atomic mass is 9.45. The molecular formula is C59H47BN2S. The molecule has 0 fully saturated rings. The molecular weight excluding hydrogens is 780 g/mol. The number of benzene rings is 8. The standard InChI is InChI=1S/C59H47BN2S/c1-57(2,3)37-31-32-49(43(33-37)36-19-8-7-9-20-36)61-51-35-38(58(4,5)6)34-44-41-24-18-28-48-54(41)62(60(53(44)51)56-55(61)42-23-12-17-30-52(42)63-56)50-29-16-15-27-47(50)59(48)45-25-13-10-21-39(45)40-22-11-14-26-46(40)59/h7-35H,1-6H3. The Hall–Kier alpha value is -6.62. The molecule has 302 valence electrons. The maximum atomic E-state index is 2.77. The van der Waals surface area contributed by atoms with E-state index in [1.807, 2.05) is 11.3 Å². The van der Waals surface area contributed by atoms with Crippen LogP contribution in [0.4, 0.5) is 28.4 Å². The lowest BCUT2D eigenvalue weighted by molar-refractivity contribution is 0.590. The summed E-state index contributed by atoms with van der Waals surface area (Å²) in [4.78, 5) is 5.44. The van der Waals surface area contributed by atoms with Gasteiger partial charge in [0.1, 0.15) is 0 Å². The Morgan fingerprint density at radius 3 is 1.78 bits per heavy atom. The van der Waals surface area contributed by atoms with Crippen LogP contribution in [0, 0.1) is 0 Å². The van der Waals surface area contributed by atoms with Crippen LogP contribution in [-0.2, 0) is 16.2 Å². The van der Waals surface area contributed by atoms with Gasteiger partial charge in [0.05, 0.1) is 16.8 Å². The van der Waals surface area contributed by atoms with Gasteiger partial charge in [-0.25, -0.2) is 0 Å². The van der Waals surface area contributed by atoms with Gasteiger partial charge < -0.3 is 9.71 Å². The fourth-order valence-electron chi connectivity index (χ4n) is 11.7. The van der Waals surface area contributed by atoms with Crippen LogP contribution in [0.15, 0.2) is 176 Å². The zero-order chi connectivity index (χ0) is 42.6. The third-order valence-corrected chi connectivity index (χ3v) is 15.8. The maximum Gasteiger partial charge on any atom is 0.343 e. The Labute approximate surface area is 375 Å². The smallest absolute Gasteiger partial charge is 0.343 e. The molecule has 0 saturated heterocycles. The summed E-state index contributed by atoms with van der Waals surface area (Å²) in [5.41, 5.74) is 23.0. The first kappa shape index (κ1) is 37.0. The van der Waals surface area contributed by atoms with E-state index in [0.29, 0.717) is 0 Å². The van der Waals surface area contributed by atoms with E-state index >= 15 is 0 Å². The van der Waals surface area contributed by atoms with Gasteiger partial charge in [0.2, 0.25) is 0 Å². The highest BCUT2D eigenvalue weighted by atomic mass is 32.1. The van der Waals surface area contributed by atoms with Gasteiger partial charge >= 0.3 is 6.85 Å². The molecule has 4 aliphatic rings. The summed E-state index contributed by atoms with van der Waals surface area (Å²) in [6.45, 7) is 14.0. The van der Waals surface area contributed by atoms with Crippen molar-refractivity contribution in [3.8, 4) is 33.4 Å². The van der Waals surface area contributed by atoms with Crippen molar-refractivity contribution < 1.29 is 0 Å². The van der Waals surface area contributed by atoms with Crippen LogP contribution in [0.5, 0.6) is 0 Å². The van der Waals surface area contributed by atoms with Gasteiger partial charge in [-0.15, -0.1) is 11.3 Å². The molecule has 0 atom stereocenters. The van der Waals surface area contributed by atoms with E-state index in [4.69, 9.17) is 0 Å². The van der Waals surface area contributed by atoms with E-state index in [2.05, 4.69) is 227 Å². The van der Waals surface area contributed by atoms with E-state index in [1.165, 1.54) is 116 Å². The first-order valence-corrected chi connectivity index (χ1v) is 23.3. The highest BCUT2D eigenvalue weighted by Gasteiger charge is 2.56. The second-order valence-corrected chi connectivity index (χ2v) is 21.1. The Balaban J connectivity index is 1.19. The first-order valence-electron chi connectivity index (χ1n) is 22.5. The molecule has 0 unspecified atom stereocenters. The number of anilines is 5. The Morgan fingerprint density at radius 2 is 1.05 bits per heavy atom. The quantitative estimate of drug-likeness (QED) is 0.160. The van der Waals surface area contributed by atoms with Gasteiger partial charge in [-0.1, -0.05) is 187 Å². The summed E-state index contributed by atoms with van der Waals surface area (Å²) in [7, 11) is 0. The molecule has 0 N–H and O–H groups in total. The second kappa shape index (κ2) is 12.7. The van der Waals surface area contributed by atoms with Gasteiger partial charge in [0.25, 0.3) is 0 Å². The number of hydrogen-bond donors (Lipinski definition) is 0. The molecule has 13 rings (SSSR count). The van der Waals surface area contributed by atoms with Crippen LogP contribution < -0.4 is 20.0 Å². The van der Waals surface area contributed by atoms with E-state index in [-0.39, 0.29) is 17.7 Å². The molecule has 8 aromatic carbocycles. The van der Waals surface area contributed by atoms with Gasteiger partial charge in [-0.3, -0.25) is 0 Å². The minimum atomic E-state index is -0.476. The highest BCUT2D eigenvalue weighted by Crippen LogP contribution is 2.65. The molecule has 0 radical (unpaired) electrons. The number of rotatable bonds is 2. The van der Waals surface area contributed by atoms with E-state index in [0.717, 1.165) is 0 Å². The van der Waals surface area contributed by atoms with Crippen molar-refractivity contribution in [1.82, 2.24) is 0 Å². The SMILES string of the molecule is CC(C)(C)c1ccc(N2c3cc(C(C)(C)C)cc4c3B(c3sc5ccccc5c32)N2c3ccccc3C3(c5ccccc5-c5ccccc53)c3cccc-4c32)c(-c2ccccc2)c1. The van der Waals surface area contributed by atoms with Gasteiger partial charge in [0, 0.05) is 43.1 Å². The number of thiophene rings is 1. The molecule has 1 aliphatic carbocycles. The summed E-state index contributed by atoms with van der Waals surface area (Å²) in [5.74, 6) is 0. The monoisotopic (exact) mass is 826 g/mol. The Morgan fingerprint density at radius 1 is 0.444 bits per heavy atom. The largest absolute Gasteiger partial charge is 0.375 e. The molecule has 0 bridgehead atoms. The van der Waals surface area contributed by atoms with Crippen molar-refractivity contribution in [3.05, 3.63) is 209 Å². The van der Waals surface area contributed by atoms with Crippen LogP contribution in [-0.4, -0.2) is 6.85 Å². The number of nitrogens with zero attached hydrogens (tertiary/aromatic N) is 2. The van der Waals surface area contributed by atoms with Crippen molar-refractivity contribution in [3.63, 3.8) is 0 Å². The third kappa shape index (κ3) is 4.85. The average molecular weight is 827 g/mol. The molecule has 2 nitrogen and oxygen atoms in total. The molecule has 1 spiro atoms. The maximum absolute atomic E-state index is 2.77. The van der Waals surface area contributed by atoms with Crippen molar-refractivity contribution in [2.75, 3.05) is 9.71 Å². The summed E-state index contributed by atoms with van der Waals surface area (Å²) in [5, 5.41) is 1.30. The summed E-state index contributed by atoms with van der Waals surface area (Å²) in [6.07, 6.45) is 0. The van der Waals surface area contributed by atoms with Gasteiger partial charge in [-0.05, 0) is 102 Å². The Kier molecular flexibility index (Phi) is 7.48. The minimum Gasteiger partial charge on any atom is -0.375 e. The van der Waals surface area contributed by atoms with E-state index in [9.17, 15) is 0 Å². The van der Waals surface area contributed by atoms with Crippen LogP contribution >= 0.6 is 11.3 Å². The van der Waals surface area contributed by atoms with Crippen LogP contribution in [0.25, 0.3) is 43.5 Å². The molecule has 3 aliphatic heterocycles. The molecule has 4 heterocycles. The van der Waals surface area contributed by atoms with E-state index in [1.54, 1.807) is 0 Å². The predicted octanol–water partition coefficient (Wildman–Crippen LogP) is 14.5. The number of hydrogen-bond acceptors (Lipinski definition) is 3. The summed E-state index contributed by atoms with van der Waals surface area (Å²) >= 11 is 1.97. The number of para-hydroxylation sites is 2. The van der Waals surface area contributed by atoms with Crippen molar-refractivity contribution in [1.29, 1.82) is 0 Å². The lowest BCUT2D eigenvalue weighted by Crippen LogP contribution is -2.62. The lowest BCUT2D eigenvalue weighted by Gasteiger charge is -2.52. The molecule has 0 saturated carbocycles. The fourth-order valence-corrected chi connectivity index (χ4v) is 13.0. The van der Waals surface area contributed by atoms with Gasteiger partial charge in [-0.2, -0.15) is 0 Å². The first-order chi connectivity index (χ1) is 30.5. The van der Waals surface area contributed by atoms with Crippen molar-refractivity contribution in [2.24, 2.45) is 0 Å². The van der Waals surface area contributed by atoms with Crippen LogP contribution in [0.3, 0.4) is 0 Å². The second-order valence-electron chi connectivity index (χ2n) is 20.0. The fraction of sp³-hybridized carbons (Fsp3) is 0.153. The molecule has 4 heteroatoms. The topological polar surface area (TPSA) is 6.48 Å². The van der Waals surface area contributed by atoms with E-state index < -0.39 is 5.41 Å². The zero-order valence-corrected chi connectivity index (χ0v) is 37.4. The third-order valence-electron chi connectivity index (χ3n) is 14.5. The zero-order valence-electron chi connectivity index (χ0n) is 36.6. The summed E-state index contributed by atoms with van der Waals surface area (Å²) in [6, 6.07) is 67.4. The highest BCUT2D eigenvalue weighted by molar-refractivity contribution is 7.32. The molecule has 63 heavy (non-hydrogen) atoms. The van der Waals surface area contributed by atoms with Crippen molar-refractivity contribution in [2.45, 2.75) is 57.8 Å². The normalized spacial score (nSPS) is 14.9. The average Bonchev–Trinajstić information content (AvgIpc) is 3.82.